The van der Waals surface area contributed by atoms with E-state index in [0.29, 0.717) is 37.6 Å². The minimum atomic E-state index is -3.99. The summed E-state index contributed by atoms with van der Waals surface area (Å²) in [6.07, 6.45) is 0.387. The number of nitrogens with one attached hydrogen (secondary N) is 1. The quantitative estimate of drug-likeness (QED) is 0.853. The zero-order valence-electron chi connectivity index (χ0n) is 11.7. The van der Waals surface area contributed by atoms with E-state index in [0.717, 1.165) is 19.6 Å². The van der Waals surface area contributed by atoms with Gasteiger partial charge in [0.15, 0.2) is 0 Å². The lowest BCUT2D eigenvalue weighted by molar-refractivity contribution is -0.182. The Labute approximate surface area is 113 Å². The third-order valence-electron chi connectivity index (χ3n) is 4.72. The maximum atomic E-state index is 12.6. The van der Waals surface area contributed by atoms with E-state index in [2.05, 4.69) is 17.3 Å². The summed E-state index contributed by atoms with van der Waals surface area (Å²) < 4.78 is 37.7. The van der Waals surface area contributed by atoms with Crippen molar-refractivity contribution >= 4 is 0 Å². The molecule has 2 nitrogen and oxygen atoms in total. The van der Waals surface area contributed by atoms with Crippen molar-refractivity contribution in [2.75, 3.05) is 26.7 Å². The summed E-state index contributed by atoms with van der Waals surface area (Å²) in [6.45, 7) is 3.27. The fourth-order valence-electron chi connectivity index (χ4n) is 3.22. The highest BCUT2D eigenvalue weighted by molar-refractivity contribution is 4.82. The first-order valence-corrected chi connectivity index (χ1v) is 7.44. The third-order valence-corrected chi connectivity index (χ3v) is 4.72. The van der Waals surface area contributed by atoms with Gasteiger partial charge in [0.25, 0.3) is 0 Å². The number of hydrogen-bond donors (Lipinski definition) is 1. The van der Waals surface area contributed by atoms with Gasteiger partial charge in [-0.1, -0.05) is 0 Å². The van der Waals surface area contributed by atoms with Crippen LogP contribution in [0.25, 0.3) is 0 Å². The van der Waals surface area contributed by atoms with Crippen LogP contribution in [0.3, 0.4) is 0 Å². The molecule has 1 saturated heterocycles. The zero-order chi connectivity index (χ0) is 13.9. The molecule has 0 aromatic rings. The molecule has 0 spiro atoms. The number of rotatable bonds is 3. The maximum absolute atomic E-state index is 12.6. The minimum Gasteiger partial charge on any atom is -0.314 e. The summed E-state index contributed by atoms with van der Waals surface area (Å²) in [5, 5.41) is 3.49. The van der Waals surface area contributed by atoms with Gasteiger partial charge in [-0.15, -0.1) is 0 Å². The van der Waals surface area contributed by atoms with Gasteiger partial charge in [-0.2, -0.15) is 13.2 Å². The van der Waals surface area contributed by atoms with Gasteiger partial charge in [0, 0.05) is 6.04 Å². The maximum Gasteiger partial charge on any atom is 0.391 e. The van der Waals surface area contributed by atoms with Crippen molar-refractivity contribution in [2.24, 2.45) is 11.8 Å². The zero-order valence-corrected chi connectivity index (χ0v) is 11.7. The Bertz CT molecular complexity index is 264. The third kappa shape index (κ3) is 4.63. The van der Waals surface area contributed by atoms with E-state index in [1.54, 1.807) is 0 Å². The molecule has 0 atom stereocenters. The molecule has 0 bridgehead atoms. The van der Waals surface area contributed by atoms with E-state index in [-0.39, 0.29) is 0 Å². The first kappa shape index (κ1) is 15.1. The molecule has 0 aromatic carbocycles. The SMILES string of the molecule is CN1CCC(CNC2CCC(C(F)(F)F)CC2)CC1. The van der Waals surface area contributed by atoms with E-state index in [4.69, 9.17) is 0 Å². The van der Waals surface area contributed by atoms with Gasteiger partial charge < -0.3 is 10.2 Å². The summed E-state index contributed by atoms with van der Waals surface area (Å²) in [6, 6.07) is 0.304. The highest BCUT2D eigenvalue weighted by Crippen LogP contribution is 2.37. The second kappa shape index (κ2) is 6.44. The fourth-order valence-corrected chi connectivity index (χ4v) is 3.22. The predicted molar refractivity (Wildman–Crippen MR) is 70.0 cm³/mol. The van der Waals surface area contributed by atoms with Crippen LogP contribution in [0, 0.1) is 11.8 Å². The van der Waals surface area contributed by atoms with Gasteiger partial charge >= 0.3 is 6.18 Å². The second-order valence-corrected chi connectivity index (χ2v) is 6.25. The monoisotopic (exact) mass is 278 g/mol. The highest BCUT2D eigenvalue weighted by atomic mass is 19.4. The van der Waals surface area contributed by atoms with Crippen LogP contribution in [-0.4, -0.2) is 43.8 Å². The number of piperidine rings is 1. The molecule has 0 amide bonds. The lowest BCUT2D eigenvalue weighted by atomic mass is 9.85. The van der Waals surface area contributed by atoms with Crippen molar-refractivity contribution in [3.63, 3.8) is 0 Å². The van der Waals surface area contributed by atoms with Crippen LogP contribution < -0.4 is 5.32 Å². The molecule has 1 aliphatic carbocycles. The molecule has 5 heteroatoms. The number of hydrogen-bond acceptors (Lipinski definition) is 2. The minimum absolute atomic E-state index is 0.300. The number of likely N-dealkylation sites (tertiary alicyclic amines) is 1. The van der Waals surface area contributed by atoms with Crippen LogP contribution in [0.15, 0.2) is 0 Å². The average molecular weight is 278 g/mol. The Morgan fingerprint density at radius 3 is 2.11 bits per heavy atom. The van der Waals surface area contributed by atoms with E-state index >= 15 is 0 Å². The van der Waals surface area contributed by atoms with Gasteiger partial charge in [0.2, 0.25) is 0 Å². The fraction of sp³-hybridized carbons (Fsp3) is 1.00. The summed E-state index contributed by atoms with van der Waals surface area (Å²) >= 11 is 0. The largest absolute Gasteiger partial charge is 0.391 e. The summed E-state index contributed by atoms with van der Waals surface area (Å²) in [7, 11) is 2.14. The number of halogens is 3. The molecule has 1 heterocycles. The molecule has 0 unspecified atom stereocenters. The first-order valence-electron chi connectivity index (χ1n) is 7.44. The predicted octanol–water partition coefficient (Wildman–Crippen LogP) is 3.04. The van der Waals surface area contributed by atoms with Crippen LogP contribution >= 0.6 is 0 Å². The van der Waals surface area contributed by atoms with Crippen LogP contribution in [0.4, 0.5) is 13.2 Å². The van der Waals surface area contributed by atoms with Gasteiger partial charge in [-0.3, -0.25) is 0 Å². The van der Waals surface area contributed by atoms with Crippen LogP contribution in [0.1, 0.15) is 38.5 Å². The van der Waals surface area contributed by atoms with Crippen LogP contribution in [-0.2, 0) is 0 Å². The summed E-state index contributed by atoms with van der Waals surface area (Å²) in [5.41, 5.74) is 0. The van der Waals surface area contributed by atoms with Crippen molar-refractivity contribution in [2.45, 2.75) is 50.7 Å². The second-order valence-electron chi connectivity index (χ2n) is 6.25. The Balaban J connectivity index is 1.63. The first-order chi connectivity index (χ1) is 8.95. The topological polar surface area (TPSA) is 15.3 Å². The molecular weight excluding hydrogens is 253 g/mol. The van der Waals surface area contributed by atoms with Gasteiger partial charge in [0.05, 0.1) is 5.92 Å². The molecule has 112 valence electrons. The summed E-state index contributed by atoms with van der Waals surface area (Å²) in [4.78, 5) is 2.34. The van der Waals surface area contributed by atoms with Gasteiger partial charge in [-0.25, -0.2) is 0 Å². The number of nitrogens with zero attached hydrogens (tertiary/aromatic N) is 1. The molecule has 0 aromatic heterocycles. The molecule has 1 N–H and O–H groups in total. The highest BCUT2D eigenvalue weighted by Gasteiger charge is 2.41. The molecule has 2 aliphatic rings. The Morgan fingerprint density at radius 2 is 1.58 bits per heavy atom. The van der Waals surface area contributed by atoms with Crippen molar-refractivity contribution in [3.8, 4) is 0 Å². The van der Waals surface area contributed by atoms with E-state index in [1.807, 2.05) is 0 Å². The average Bonchev–Trinajstić information content (AvgIpc) is 2.37. The van der Waals surface area contributed by atoms with E-state index < -0.39 is 12.1 Å². The van der Waals surface area contributed by atoms with E-state index in [1.165, 1.54) is 12.8 Å². The normalized spacial score (nSPS) is 31.6. The van der Waals surface area contributed by atoms with Crippen molar-refractivity contribution < 1.29 is 13.2 Å². The number of alkyl halides is 3. The van der Waals surface area contributed by atoms with Crippen molar-refractivity contribution in [3.05, 3.63) is 0 Å². The smallest absolute Gasteiger partial charge is 0.314 e. The van der Waals surface area contributed by atoms with Crippen molar-refractivity contribution in [1.29, 1.82) is 0 Å². The Morgan fingerprint density at radius 1 is 1.00 bits per heavy atom. The molecule has 2 fully saturated rings. The standard InChI is InChI=1S/C14H25F3N2/c1-19-8-6-11(7-9-19)10-18-13-4-2-12(3-5-13)14(15,16)17/h11-13,18H,2-10H2,1H3. The molecule has 2 rings (SSSR count). The molecular formula is C14H25F3N2. The summed E-state index contributed by atoms with van der Waals surface area (Å²) in [5.74, 6) is -0.356. The Hall–Kier alpha value is -0.290. The Kier molecular flexibility index (Phi) is 5.12. The van der Waals surface area contributed by atoms with Gasteiger partial charge in [-0.05, 0) is 71.1 Å². The van der Waals surface area contributed by atoms with Crippen LogP contribution in [0.2, 0.25) is 0 Å². The molecule has 1 saturated carbocycles. The molecule has 1 aliphatic heterocycles. The molecule has 0 radical (unpaired) electrons. The molecule has 19 heavy (non-hydrogen) atoms. The van der Waals surface area contributed by atoms with Gasteiger partial charge in [0.1, 0.15) is 0 Å². The lowest BCUT2D eigenvalue weighted by Crippen LogP contribution is -2.41. The van der Waals surface area contributed by atoms with Crippen LogP contribution in [0.5, 0.6) is 0 Å². The lowest BCUT2D eigenvalue weighted by Gasteiger charge is -2.33. The van der Waals surface area contributed by atoms with Crippen molar-refractivity contribution in [1.82, 2.24) is 10.2 Å². The van der Waals surface area contributed by atoms with E-state index in [9.17, 15) is 13.2 Å².